The van der Waals surface area contributed by atoms with Crippen LogP contribution in [0, 0.1) is 6.92 Å². The second-order valence-electron chi connectivity index (χ2n) is 7.11. The SMILES string of the molecule is Cc1nc(NC(=O)CN(C)S(=O)(=O)c2ccc3ccccc3c2)sc1-c1nccn1C. The normalized spacial score (nSPS) is 11.9. The molecule has 0 unspecified atom stereocenters. The molecular formula is C21H21N5O3S2. The Hall–Kier alpha value is -3.08. The lowest BCUT2D eigenvalue weighted by molar-refractivity contribution is -0.116. The number of sulfonamides is 1. The minimum Gasteiger partial charge on any atom is -0.333 e. The first-order valence-electron chi connectivity index (χ1n) is 9.46. The fourth-order valence-corrected chi connectivity index (χ4v) is 5.38. The topological polar surface area (TPSA) is 97.2 Å². The minimum atomic E-state index is -3.82. The fourth-order valence-electron chi connectivity index (χ4n) is 3.20. The number of benzene rings is 2. The Morgan fingerprint density at radius 1 is 1.19 bits per heavy atom. The van der Waals surface area contributed by atoms with Crippen molar-refractivity contribution in [3.05, 3.63) is 60.6 Å². The smallest absolute Gasteiger partial charge is 0.243 e. The van der Waals surface area contributed by atoms with E-state index in [0.717, 1.165) is 31.5 Å². The molecule has 2 heterocycles. The Labute approximate surface area is 184 Å². The van der Waals surface area contributed by atoms with E-state index in [1.165, 1.54) is 18.4 Å². The summed E-state index contributed by atoms with van der Waals surface area (Å²) >= 11 is 1.30. The van der Waals surface area contributed by atoms with E-state index < -0.39 is 15.9 Å². The Kier molecular flexibility index (Phi) is 5.61. The second kappa shape index (κ2) is 8.22. The lowest BCUT2D eigenvalue weighted by Crippen LogP contribution is -2.34. The zero-order valence-electron chi connectivity index (χ0n) is 17.2. The molecule has 4 aromatic rings. The average molecular weight is 456 g/mol. The standard InChI is InChI=1S/C21H21N5O3S2/c1-14-19(20-22-10-11-25(20)2)30-21(23-14)24-18(27)13-26(3)31(28,29)17-9-8-15-6-4-5-7-16(15)12-17/h4-12H,13H2,1-3H3,(H,23,24,27). The number of anilines is 1. The molecule has 2 aromatic carbocycles. The third-order valence-corrected chi connectivity index (χ3v) is 7.73. The van der Waals surface area contributed by atoms with Crippen LogP contribution in [-0.2, 0) is 21.9 Å². The summed E-state index contributed by atoms with van der Waals surface area (Å²) in [6.07, 6.45) is 3.53. The molecule has 2 aromatic heterocycles. The summed E-state index contributed by atoms with van der Waals surface area (Å²) in [5.41, 5.74) is 0.742. The number of rotatable bonds is 6. The zero-order valence-corrected chi connectivity index (χ0v) is 18.9. The predicted molar refractivity (Wildman–Crippen MR) is 121 cm³/mol. The van der Waals surface area contributed by atoms with Crippen LogP contribution in [-0.4, -0.2) is 46.8 Å². The number of carbonyl (C=O) groups excluding carboxylic acids is 1. The Morgan fingerprint density at radius 3 is 2.65 bits per heavy atom. The van der Waals surface area contributed by atoms with E-state index in [2.05, 4.69) is 15.3 Å². The van der Waals surface area contributed by atoms with Gasteiger partial charge in [-0.25, -0.2) is 18.4 Å². The van der Waals surface area contributed by atoms with E-state index in [9.17, 15) is 13.2 Å². The van der Waals surface area contributed by atoms with Gasteiger partial charge in [0.2, 0.25) is 15.9 Å². The number of imidazole rings is 1. The molecule has 0 saturated heterocycles. The maximum Gasteiger partial charge on any atom is 0.243 e. The van der Waals surface area contributed by atoms with Gasteiger partial charge in [0, 0.05) is 26.5 Å². The number of nitrogens with zero attached hydrogens (tertiary/aromatic N) is 4. The Bertz CT molecular complexity index is 1370. The van der Waals surface area contributed by atoms with Gasteiger partial charge in [-0.1, -0.05) is 41.7 Å². The molecule has 0 aliphatic carbocycles. The molecule has 31 heavy (non-hydrogen) atoms. The molecule has 0 fully saturated rings. The van der Waals surface area contributed by atoms with Gasteiger partial charge in [0.25, 0.3) is 0 Å². The van der Waals surface area contributed by atoms with Crippen LogP contribution in [0.15, 0.2) is 59.8 Å². The van der Waals surface area contributed by atoms with Crippen LogP contribution >= 0.6 is 11.3 Å². The summed E-state index contributed by atoms with van der Waals surface area (Å²) in [4.78, 5) is 22.2. The average Bonchev–Trinajstić information content (AvgIpc) is 3.31. The predicted octanol–water partition coefficient (Wildman–Crippen LogP) is 3.26. The van der Waals surface area contributed by atoms with Crippen LogP contribution in [0.25, 0.3) is 21.5 Å². The van der Waals surface area contributed by atoms with Crippen molar-refractivity contribution in [3.63, 3.8) is 0 Å². The Balaban J connectivity index is 1.48. The number of likely N-dealkylation sites (N-methyl/N-ethyl adjacent to an activating group) is 1. The fraction of sp³-hybridized carbons (Fsp3) is 0.190. The third-order valence-electron chi connectivity index (χ3n) is 4.86. The second-order valence-corrected chi connectivity index (χ2v) is 10.2. The van der Waals surface area contributed by atoms with Crippen molar-refractivity contribution in [2.75, 3.05) is 18.9 Å². The van der Waals surface area contributed by atoms with Crippen LogP contribution in [0.4, 0.5) is 5.13 Å². The molecule has 0 saturated carbocycles. The molecule has 1 N–H and O–H groups in total. The maximum absolute atomic E-state index is 12.9. The molecule has 0 atom stereocenters. The number of amides is 1. The molecule has 0 spiro atoms. The Morgan fingerprint density at radius 2 is 1.94 bits per heavy atom. The number of hydrogen-bond acceptors (Lipinski definition) is 6. The van der Waals surface area contributed by atoms with Crippen molar-refractivity contribution < 1.29 is 13.2 Å². The van der Waals surface area contributed by atoms with Crippen LogP contribution in [0.3, 0.4) is 0 Å². The van der Waals surface area contributed by atoms with E-state index in [-0.39, 0.29) is 11.4 Å². The molecule has 160 valence electrons. The maximum atomic E-state index is 12.9. The van der Waals surface area contributed by atoms with Gasteiger partial charge in [0.15, 0.2) is 11.0 Å². The molecule has 0 radical (unpaired) electrons. The minimum absolute atomic E-state index is 0.142. The molecule has 0 aliphatic rings. The highest BCUT2D eigenvalue weighted by Gasteiger charge is 2.24. The number of carbonyl (C=O) groups is 1. The van der Waals surface area contributed by atoms with Gasteiger partial charge < -0.3 is 9.88 Å². The number of thiazole rings is 1. The van der Waals surface area contributed by atoms with Crippen LogP contribution in [0.1, 0.15) is 5.69 Å². The van der Waals surface area contributed by atoms with Gasteiger partial charge >= 0.3 is 0 Å². The van der Waals surface area contributed by atoms with Crippen LogP contribution in [0.2, 0.25) is 0 Å². The van der Waals surface area contributed by atoms with Crippen molar-refractivity contribution in [2.45, 2.75) is 11.8 Å². The first-order valence-corrected chi connectivity index (χ1v) is 11.7. The number of fused-ring (bicyclic) bond motifs is 1. The molecule has 4 rings (SSSR count). The summed E-state index contributed by atoms with van der Waals surface area (Å²) in [5.74, 6) is 0.290. The van der Waals surface area contributed by atoms with E-state index in [1.54, 1.807) is 24.4 Å². The molecule has 10 heteroatoms. The van der Waals surface area contributed by atoms with Gasteiger partial charge in [0.05, 0.1) is 22.0 Å². The summed E-state index contributed by atoms with van der Waals surface area (Å²) < 4.78 is 28.8. The zero-order chi connectivity index (χ0) is 22.2. The van der Waals surface area contributed by atoms with E-state index >= 15 is 0 Å². The molecule has 0 aliphatic heterocycles. The number of hydrogen-bond donors (Lipinski definition) is 1. The van der Waals surface area contributed by atoms with Gasteiger partial charge in [-0.05, 0) is 29.8 Å². The quantitative estimate of drug-likeness (QED) is 0.481. The molecular weight excluding hydrogens is 434 g/mol. The summed E-state index contributed by atoms with van der Waals surface area (Å²) in [7, 11) is -0.553. The van der Waals surface area contributed by atoms with Gasteiger partial charge in [-0.15, -0.1) is 0 Å². The molecule has 8 nitrogen and oxygen atoms in total. The summed E-state index contributed by atoms with van der Waals surface area (Å²) in [5, 5.41) is 4.86. The third kappa shape index (κ3) is 4.22. The largest absolute Gasteiger partial charge is 0.333 e. The van der Waals surface area contributed by atoms with E-state index in [1.807, 2.05) is 49.0 Å². The van der Waals surface area contributed by atoms with Crippen molar-refractivity contribution in [3.8, 4) is 10.7 Å². The molecule has 0 bridgehead atoms. The van der Waals surface area contributed by atoms with Gasteiger partial charge in [-0.3, -0.25) is 4.79 Å². The summed E-state index contributed by atoms with van der Waals surface area (Å²) in [6, 6.07) is 12.4. The van der Waals surface area contributed by atoms with E-state index in [0.29, 0.717) is 5.13 Å². The van der Waals surface area contributed by atoms with Crippen molar-refractivity contribution in [1.82, 2.24) is 18.8 Å². The molecule has 1 amide bonds. The first kappa shape index (κ1) is 21.2. The highest BCUT2D eigenvalue weighted by molar-refractivity contribution is 7.89. The van der Waals surface area contributed by atoms with E-state index in [4.69, 9.17) is 0 Å². The van der Waals surface area contributed by atoms with Crippen molar-refractivity contribution in [2.24, 2.45) is 7.05 Å². The van der Waals surface area contributed by atoms with Crippen LogP contribution < -0.4 is 5.32 Å². The lowest BCUT2D eigenvalue weighted by atomic mass is 10.1. The number of aryl methyl sites for hydroxylation is 2. The van der Waals surface area contributed by atoms with Gasteiger partial charge in [-0.2, -0.15) is 4.31 Å². The summed E-state index contributed by atoms with van der Waals surface area (Å²) in [6.45, 7) is 1.51. The van der Waals surface area contributed by atoms with Gasteiger partial charge in [0.1, 0.15) is 0 Å². The highest BCUT2D eigenvalue weighted by atomic mass is 32.2. The number of aromatic nitrogens is 3. The highest BCUT2D eigenvalue weighted by Crippen LogP contribution is 2.31. The lowest BCUT2D eigenvalue weighted by Gasteiger charge is -2.16. The monoisotopic (exact) mass is 455 g/mol. The first-order chi connectivity index (χ1) is 14.8. The van der Waals surface area contributed by atoms with Crippen LogP contribution in [0.5, 0.6) is 0 Å². The van der Waals surface area contributed by atoms with Crippen molar-refractivity contribution in [1.29, 1.82) is 0 Å². The number of nitrogens with one attached hydrogen (secondary N) is 1. The van der Waals surface area contributed by atoms with Crippen molar-refractivity contribution >= 4 is 43.2 Å².